The Labute approximate surface area is 248 Å². The summed E-state index contributed by atoms with van der Waals surface area (Å²) in [5, 5.41) is 16.6. The van der Waals surface area contributed by atoms with Crippen LogP contribution in [0.4, 0.5) is 10.1 Å². The van der Waals surface area contributed by atoms with Gasteiger partial charge >= 0.3 is 5.97 Å². The molecule has 1 aliphatic carbocycles. The van der Waals surface area contributed by atoms with E-state index in [1.165, 1.54) is 43.3 Å². The highest BCUT2D eigenvalue weighted by Crippen LogP contribution is 2.36. The number of aromatic carboxylic acids is 1. The number of anilines is 1. The van der Waals surface area contributed by atoms with Crippen molar-refractivity contribution in [2.24, 2.45) is 5.92 Å². The Hall–Kier alpha value is -3.85. The highest BCUT2D eigenvalue weighted by molar-refractivity contribution is 7.89. The number of rotatable bonds is 11. The Morgan fingerprint density at radius 1 is 1.14 bits per heavy atom. The van der Waals surface area contributed by atoms with Crippen molar-refractivity contribution in [3.8, 4) is 17.3 Å². The molecule has 1 saturated heterocycles. The number of ether oxygens (including phenoxy) is 2. The van der Waals surface area contributed by atoms with Gasteiger partial charge in [0.25, 0.3) is 0 Å². The molecule has 5 rings (SSSR count). The number of carboxylic acids is 1. The van der Waals surface area contributed by atoms with Gasteiger partial charge in [0.1, 0.15) is 16.5 Å². The van der Waals surface area contributed by atoms with Crippen molar-refractivity contribution in [3.05, 3.63) is 59.5 Å². The van der Waals surface area contributed by atoms with Crippen LogP contribution >= 0.6 is 0 Å². The van der Waals surface area contributed by atoms with Crippen molar-refractivity contribution >= 4 is 27.6 Å². The number of amides is 1. The largest absolute Gasteiger partial charge is 0.476 e. The maximum Gasteiger partial charge on any atom is 0.356 e. The van der Waals surface area contributed by atoms with Crippen molar-refractivity contribution in [1.29, 1.82) is 0 Å². The van der Waals surface area contributed by atoms with Crippen LogP contribution in [0, 0.1) is 18.7 Å². The van der Waals surface area contributed by atoms with Crippen molar-refractivity contribution < 1.29 is 37.0 Å². The fourth-order valence-electron chi connectivity index (χ4n) is 5.24. The van der Waals surface area contributed by atoms with E-state index in [9.17, 15) is 27.5 Å². The van der Waals surface area contributed by atoms with Gasteiger partial charge in [0.2, 0.25) is 21.8 Å². The lowest BCUT2D eigenvalue weighted by Gasteiger charge is -2.26. The topological polar surface area (TPSA) is 152 Å². The van der Waals surface area contributed by atoms with E-state index in [1.54, 1.807) is 0 Å². The molecule has 0 unspecified atom stereocenters. The number of carbonyl (C=O) groups excluding carboxylic acids is 1. The monoisotopic (exact) mass is 615 g/mol. The lowest BCUT2D eigenvalue weighted by Crippen LogP contribution is -2.41. The van der Waals surface area contributed by atoms with Crippen molar-refractivity contribution in [2.75, 3.05) is 44.7 Å². The summed E-state index contributed by atoms with van der Waals surface area (Å²) in [6.07, 6.45) is 3.48. The second-order valence-corrected chi connectivity index (χ2v) is 12.3. The zero-order valence-corrected chi connectivity index (χ0v) is 24.5. The van der Waals surface area contributed by atoms with E-state index in [-0.39, 0.29) is 57.5 Å². The summed E-state index contributed by atoms with van der Waals surface area (Å²) in [4.78, 5) is 26.5. The molecule has 1 aliphatic heterocycles. The normalized spacial score (nSPS) is 16.3. The number of hydrogen-bond donors (Lipinski definition) is 3. The number of aromatic nitrogens is 2. The Kier molecular flexibility index (Phi) is 9.40. The van der Waals surface area contributed by atoms with Crippen LogP contribution < -0.4 is 14.8 Å². The molecule has 0 spiro atoms. The lowest BCUT2D eigenvalue weighted by atomic mass is 10.1. The number of benzene rings is 2. The first-order chi connectivity index (χ1) is 20.6. The molecule has 12 nitrogen and oxygen atoms in total. The number of carbonyl (C=O) groups is 2. The van der Waals surface area contributed by atoms with Gasteiger partial charge in [-0.15, -0.1) is 0 Å². The average molecular weight is 616 g/mol. The van der Waals surface area contributed by atoms with Gasteiger partial charge in [-0.3, -0.25) is 9.69 Å². The second-order valence-electron chi connectivity index (χ2n) is 10.6. The Morgan fingerprint density at radius 3 is 2.58 bits per heavy atom. The molecule has 14 heteroatoms. The molecule has 0 radical (unpaired) electrons. The predicted molar refractivity (Wildman–Crippen MR) is 155 cm³/mol. The molecule has 2 fully saturated rings. The quantitative estimate of drug-likeness (QED) is 0.294. The van der Waals surface area contributed by atoms with E-state index >= 15 is 0 Å². The SMILES string of the molecule is Cc1c(C(=O)O)nn(-c2cccc(F)c2)c1Oc1ccc(NC(=O)C2CCCC2)cc1S(=O)(=O)NCCN1CCOCC1. The van der Waals surface area contributed by atoms with Crippen LogP contribution in [0.3, 0.4) is 0 Å². The molecule has 0 bridgehead atoms. The maximum absolute atomic E-state index is 14.1. The third kappa shape index (κ3) is 7.21. The molecule has 1 amide bonds. The van der Waals surface area contributed by atoms with Crippen molar-refractivity contribution in [3.63, 3.8) is 0 Å². The second kappa shape index (κ2) is 13.2. The molecule has 230 valence electrons. The fraction of sp³-hybridized carbons (Fsp3) is 0.414. The number of carboxylic acid groups (broad SMARTS) is 1. The van der Waals surface area contributed by atoms with E-state index < -0.39 is 21.8 Å². The molecule has 2 heterocycles. The first-order valence-electron chi connectivity index (χ1n) is 14.1. The van der Waals surface area contributed by atoms with Gasteiger partial charge in [0.05, 0.1) is 18.9 Å². The molecular formula is C29H34FN5O7S. The minimum Gasteiger partial charge on any atom is -0.476 e. The maximum atomic E-state index is 14.1. The van der Waals surface area contributed by atoms with Gasteiger partial charge in [-0.2, -0.15) is 9.78 Å². The first kappa shape index (κ1) is 30.6. The first-order valence-corrected chi connectivity index (χ1v) is 15.6. The van der Waals surface area contributed by atoms with E-state index in [0.29, 0.717) is 32.8 Å². The summed E-state index contributed by atoms with van der Waals surface area (Å²) in [7, 11) is -4.19. The number of nitrogens with zero attached hydrogens (tertiary/aromatic N) is 3. The number of morpholine rings is 1. The minimum atomic E-state index is -4.19. The van der Waals surface area contributed by atoms with E-state index in [2.05, 4.69) is 20.0 Å². The Morgan fingerprint density at radius 2 is 1.88 bits per heavy atom. The summed E-state index contributed by atoms with van der Waals surface area (Å²) in [5.41, 5.74) is 0.227. The minimum absolute atomic E-state index is 0.101. The number of halogens is 1. The molecule has 3 aromatic rings. The van der Waals surface area contributed by atoms with Crippen LogP contribution in [-0.2, 0) is 19.6 Å². The predicted octanol–water partition coefficient (Wildman–Crippen LogP) is 3.55. The van der Waals surface area contributed by atoms with Crippen LogP contribution in [0.25, 0.3) is 5.69 Å². The van der Waals surface area contributed by atoms with E-state index in [4.69, 9.17) is 9.47 Å². The molecule has 3 N–H and O–H groups in total. The summed E-state index contributed by atoms with van der Waals surface area (Å²) in [6.45, 7) is 4.57. The highest BCUT2D eigenvalue weighted by atomic mass is 32.2. The van der Waals surface area contributed by atoms with Crippen molar-refractivity contribution in [1.82, 2.24) is 19.4 Å². The summed E-state index contributed by atoms with van der Waals surface area (Å²) < 4.78 is 56.6. The molecule has 2 aliphatic rings. The van der Waals surface area contributed by atoms with Gasteiger partial charge in [-0.1, -0.05) is 18.9 Å². The number of sulfonamides is 1. The molecule has 1 aromatic heterocycles. The molecule has 1 saturated carbocycles. The average Bonchev–Trinajstić information content (AvgIpc) is 3.63. The Balaban J connectivity index is 1.49. The highest BCUT2D eigenvalue weighted by Gasteiger charge is 2.28. The van der Waals surface area contributed by atoms with Gasteiger partial charge in [-0.05, 0) is 56.2 Å². The summed E-state index contributed by atoms with van der Waals surface area (Å²) >= 11 is 0. The zero-order chi connectivity index (χ0) is 30.6. The van der Waals surface area contributed by atoms with Crippen molar-refractivity contribution in [2.45, 2.75) is 37.5 Å². The van der Waals surface area contributed by atoms with E-state index in [0.717, 1.165) is 36.4 Å². The van der Waals surface area contributed by atoms with Crippen LogP contribution in [-0.4, -0.2) is 79.5 Å². The van der Waals surface area contributed by atoms with Crippen LogP contribution in [0.15, 0.2) is 47.4 Å². The van der Waals surface area contributed by atoms with Gasteiger partial charge in [-0.25, -0.2) is 22.3 Å². The van der Waals surface area contributed by atoms with Crippen LogP contribution in [0.2, 0.25) is 0 Å². The fourth-order valence-corrected chi connectivity index (χ4v) is 6.42. The number of nitrogens with one attached hydrogen (secondary N) is 2. The third-order valence-electron chi connectivity index (χ3n) is 7.58. The smallest absolute Gasteiger partial charge is 0.356 e. The van der Waals surface area contributed by atoms with Gasteiger partial charge in [0, 0.05) is 43.3 Å². The summed E-state index contributed by atoms with van der Waals surface area (Å²) in [6, 6.07) is 9.55. The molecular weight excluding hydrogens is 581 g/mol. The molecule has 0 atom stereocenters. The third-order valence-corrected chi connectivity index (χ3v) is 9.06. The zero-order valence-electron chi connectivity index (χ0n) is 23.7. The molecule has 43 heavy (non-hydrogen) atoms. The summed E-state index contributed by atoms with van der Waals surface area (Å²) in [5.74, 6) is -2.46. The number of hydrogen-bond acceptors (Lipinski definition) is 8. The van der Waals surface area contributed by atoms with Crippen LogP contribution in [0.5, 0.6) is 11.6 Å². The van der Waals surface area contributed by atoms with Gasteiger partial charge in [0.15, 0.2) is 5.69 Å². The lowest BCUT2D eigenvalue weighted by molar-refractivity contribution is -0.119. The Bertz CT molecular complexity index is 1600. The van der Waals surface area contributed by atoms with E-state index in [1.807, 2.05) is 0 Å². The molecule has 2 aromatic carbocycles. The van der Waals surface area contributed by atoms with Crippen LogP contribution in [0.1, 0.15) is 41.7 Å². The standard InChI is InChI=1S/C29H34FN5O7S/c1-19-26(29(37)38)33-35(23-8-4-7-21(30)17-23)28(19)42-24-10-9-22(32-27(36)20-5-2-3-6-20)18-25(24)43(39,40)31-11-12-34-13-15-41-16-14-34/h4,7-10,17-18,20,31H,2-3,5-6,11-16H2,1H3,(H,32,36)(H,37,38). The van der Waals surface area contributed by atoms with Gasteiger partial charge < -0.3 is 19.9 Å².